The van der Waals surface area contributed by atoms with E-state index < -0.39 is 23.5 Å². The van der Waals surface area contributed by atoms with Crippen LogP contribution in [0.3, 0.4) is 0 Å². The van der Waals surface area contributed by atoms with E-state index in [-0.39, 0.29) is 23.4 Å². The predicted molar refractivity (Wildman–Crippen MR) is 95.3 cm³/mol. The first-order valence-corrected chi connectivity index (χ1v) is 8.53. The maximum Gasteiger partial charge on any atom is 0.295 e. The highest BCUT2D eigenvalue weighted by Crippen LogP contribution is 2.39. The lowest BCUT2D eigenvalue weighted by molar-refractivity contribution is -0.140. The SMILES string of the molecule is COCCCN1C(=O)C(=O)/C(=C(\O)c2ccc(F)c(C)c2)C1c1ccco1. The molecule has 1 aliphatic rings. The van der Waals surface area contributed by atoms with Crippen molar-refractivity contribution in [3.8, 4) is 0 Å². The largest absolute Gasteiger partial charge is 0.507 e. The number of aliphatic hydroxyl groups is 1. The fourth-order valence-electron chi connectivity index (χ4n) is 3.18. The summed E-state index contributed by atoms with van der Waals surface area (Å²) in [7, 11) is 1.55. The molecule has 0 radical (unpaired) electrons. The number of aliphatic hydroxyl groups excluding tert-OH is 1. The number of hydrogen-bond acceptors (Lipinski definition) is 5. The highest BCUT2D eigenvalue weighted by molar-refractivity contribution is 6.46. The van der Waals surface area contributed by atoms with E-state index in [9.17, 15) is 19.1 Å². The van der Waals surface area contributed by atoms with Crippen LogP contribution >= 0.6 is 0 Å². The van der Waals surface area contributed by atoms with E-state index in [0.717, 1.165) is 0 Å². The minimum absolute atomic E-state index is 0.0709. The van der Waals surface area contributed by atoms with Crippen LogP contribution in [0.25, 0.3) is 5.76 Å². The average Bonchev–Trinajstić information content (AvgIpc) is 3.26. The van der Waals surface area contributed by atoms with Gasteiger partial charge in [-0.3, -0.25) is 9.59 Å². The molecular formula is C20H20FNO5. The number of ether oxygens (including phenoxy) is 1. The van der Waals surface area contributed by atoms with Crippen LogP contribution in [-0.2, 0) is 14.3 Å². The van der Waals surface area contributed by atoms with Gasteiger partial charge in [-0.15, -0.1) is 0 Å². The molecule has 142 valence electrons. The maximum absolute atomic E-state index is 13.6. The molecule has 6 nitrogen and oxygen atoms in total. The molecule has 0 bridgehead atoms. The van der Waals surface area contributed by atoms with Gasteiger partial charge in [0.1, 0.15) is 23.4 Å². The topological polar surface area (TPSA) is 80.0 Å². The Morgan fingerprint density at radius 1 is 1.33 bits per heavy atom. The van der Waals surface area contributed by atoms with Gasteiger partial charge in [-0.05, 0) is 49.2 Å². The lowest BCUT2D eigenvalue weighted by Gasteiger charge is -2.23. The lowest BCUT2D eigenvalue weighted by atomic mass is 9.98. The number of nitrogens with zero attached hydrogens (tertiary/aromatic N) is 1. The van der Waals surface area contributed by atoms with Crippen LogP contribution in [0.1, 0.15) is 29.3 Å². The van der Waals surface area contributed by atoms with E-state index in [0.29, 0.717) is 24.4 Å². The van der Waals surface area contributed by atoms with Crippen molar-refractivity contribution in [2.24, 2.45) is 0 Å². The molecule has 7 heteroatoms. The number of rotatable bonds is 6. The van der Waals surface area contributed by atoms with Gasteiger partial charge in [0.15, 0.2) is 0 Å². The van der Waals surface area contributed by atoms with Crippen molar-refractivity contribution in [3.63, 3.8) is 0 Å². The second kappa shape index (κ2) is 7.75. The van der Waals surface area contributed by atoms with Crippen LogP contribution in [-0.4, -0.2) is 42.0 Å². The number of carbonyl (C=O) groups excluding carboxylic acids is 2. The first-order valence-electron chi connectivity index (χ1n) is 8.53. The Kier molecular flexibility index (Phi) is 5.41. The molecule has 1 aliphatic heterocycles. The van der Waals surface area contributed by atoms with Crippen LogP contribution in [0.5, 0.6) is 0 Å². The molecule has 1 aromatic heterocycles. The Balaban J connectivity index is 2.09. The van der Waals surface area contributed by atoms with E-state index in [1.165, 1.54) is 29.4 Å². The molecule has 1 fully saturated rings. The second-order valence-corrected chi connectivity index (χ2v) is 6.32. The molecule has 1 saturated heterocycles. The molecule has 0 spiro atoms. The van der Waals surface area contributed by atoms with Crippen molar-refractivity contribution in [3.05, 3.63) is 64.9 Å². The fraction of sp³-hybridized carbons (Fsp3) is 0.300. The van der Waals surface area contributed by atoms with Crippen LogP contribution in [0.15, 0.2) is 46.6 Å². The van der Waals surface area contributed by atoms with Gasteiger partial charge in [-0.2, -0.15) is 0 Å². The number of halogens is 1. The Labute approximate surface area is 155 Å². The highest BCUT2D eigenvalue weighted by atomic mass is 19.1. The Morgan fingerprint density at radius 2 is 2.11 bits per heavy atom. The molecule has 0 aliphatic carbocycles. The van der Waals surface area contributed by atoms with Crippen molar-refractivity contribution in [2.75, 3.05) is 20.3 Å². The third-order valence-electron chi connectivity index (χ3n) is 4.53. The number of ketones is 1. The molecular weight excluding hydrogens is 353 g/mol. The molecule has 0 saturated carbocycles. The molecule has 1 N–H and O–H groups in total. The van der Waals surface area contributed by atoms with Crippen molar-refractivity contribution in [2.45, 2.75) is 19.4 Å². The number of benzene rings is 1. The second-order valence-electron chi connectivity index (χ2n) is 6.32. The van der Waals surface area contributed by atoms with Crippen LogP contribution in [0.2, 0.25) is 0 Å². The minimum Gasteiger partial charge on any atom is -0.507 e. The summed E-state index contributed by atoms with van der Waals surface area (Å²) in [5, 5.41) is 10.8. The molecule has 2 heterocycles. The van der Waals surface area contributed by atoms with Gasteiger partial charge < -0.3 is 19.2 Å². The van der Waals surface area contributed by atoms with Gasteiger partial charge in [0, 0.05) is 25.8 Å². The molecule has 2 aromatic rings. The monoisotopic (exact) mass is 373 g/mol. The quantitative estimate of drug-likeness (QED) is 0.364. The summed E-state index contributed by atoms with van der Waals surface area (Å²) < 4.78 is 24.0. The summed E-state index contributed by atoms with van der Waals surface area (Å²) in [6.07, 6.45) is 1.96. The zero-order valence-corrected chi connectivity index (χ0v) is 15.1. The van der Waals surface area contributed by atoms with Gasteiger partial charge in [0.2, 0.25) is 0 Å². The minimum atomic E-state index is -0.845. The van der Waals surface area contributed by atoms with Gasteiger partial charge in [-0.25, -0.2) is 4.39 Å². The number of amides is 1. The van der Waals surface area contributed by atoms with E-state index in [1.54, 1.807) is 26.2 Å². The number of furan rings is 1. The van der Waals surface area contributed by atoms with E-state index >= 15 is 0 Å². The Morgan fingerprint density at radius 3 is 2.74 bits per heavy atom. The zero-order valence-electron chi connectivity index (χ0n) is 15.1. The maximum atomic E-state index is 13.6. The first-order chi connectivity index (χ1) is 13.0. The Hall–Kier alpha value is -2.93. The lowest BCUT2D eigenvalue weighted by Crippen LogP contribution is -2.31. The van der Waals surface area contributed by atoms with Crippen molar-refractivity contribution in [1.29, 1.82) is 0 Å². The molecule has 3 rings (SSSR count). The van der Waals surface area contributed by atoms with Crippen LogP contribution in [0.4, 0.5) is 4.39 Å². The average molecular weight is 373 g/mol. The van der Waals surface area contributed by atoms with Gasteiger partial charge in [-0.1, -0.05) is 0 Å². The van der Waals surface area contributed by atoms with Crippen molar-refractivity contribution in [1.82, 2.24) is 4.90 Å². The summed E-state index contributed by atoms with van der Waals surface area (Å²) in [6.45, 7) is 2.24. The zero-order chi connectivity index (χ0) is 19.6. The van der Waals surface area contributed by atoms with Gasteiger partial charge >= 0.3 is 0 Å². The van der Waals surface area contributed by atoms with E-state index in [2.05, 4.69) is 0 Å². The third kappa shape index (κ3) is 3.50. The Bertz CT molecular complexity index is 888. The first kappa shape index (κ1) is 18.8. The number of likely N-dealkylation sites (tertiary alicyclic amines) is 1. The third-order valence-corrected chi connectivity index (χ3v) is 4.53. The highest BCUT2D eigenvalue weighted by Gasteiger charge is 2.47. The summed E-state index contributed by atoms with van der Waals surface area (Å²) >= 11 is 0. The number of aryl methyl sites for hydroxylation is 1. The summed E-state index contributed by atoms with van der Waals surface area (Å²) in [5.74, 6) is -1.92. The van der Waals surface area contributed by atoms with Crippen molar-refractivity contribution < 1.29 is 28.2 Å². The fourth-order valence-corrected chi connectivity index (χ4v) is 3.18. The number of hydrogen-bond donors (Lipinski definition) is 1. The van der Waals surface area contributed by atoms with Gasteiger partial charge in [0.25, 0.3) is 11.7 Å². The smallest absolute Gasteiger partial charge is 0.295 e. The van der Waals surface area contributed by atoms with Crippen molar-refractivity contribution >= 4 is 17.4 Å². The summed E-state index contributed by atoms with van der Waals surface area (Å²) in [6, 6.07) is 6.45. The molecule has 1 amide bonds. The number of carbonyl (C=O) groups is 2. The predicted octanol–water partition coefficient (Wildman–Crippen LogP) is 3.19. The normalized spacial score (nSPS) is 19.1. The summed E-state index contributed by atoms with van der Waals surface area (Å²) in [5.41, 5.74) is 0.515. The van der Waals surface area contributed by atoms with E-state index in [4.69, 9.17) is 9.15 Å². The molecule has 1 aromatic carbocycles. The standard InChI is InChI=1S/C20H20FNO5/c1-12-11-13(6-7-14(12)21)18(23)16-17(15-5-3-10-27-15)22(8-4-9-26-2)20(25)19(16)24/h3,5-7,10-11,17,23H,4,8-9H2,1-2H3/b18-16-. The van der Waals surface area contributed by atoms with Crippen LogP contribution < -0.4 is 0 Å². The molecule has 1 unspecified atom stereocenters. The summed E-state index contributed by atoms with van der Waals surface area (Å²) in [4.78, 5) is 26.6. The number of Topliss-reactive ketones (excluding diaryl/α,β-unsaturated/α-hetero) is 1. The van der Waals surface area contributed by atoms with E-state index in [1.807, 2.05) is 0 Å². The molecule has 27 heavy (non-hydrogen) atoms. The van der Waals surface area contributed by atoms with Gasteiger partial charge in [0.05, 0.1) is 11.8 Å². The number of methoxy groups -OCH3 is 1. The van der Waals surface area contributed by atoms with Crippen LogP contribution in [0, 0.1) is 12.7 Å². The molecule has 1 atom stereocenters.